The van der Waals surface area contributed by atoms with E-state index >= 15 is 0 Å². The van der Waals surface area contributed by atoms with Crippen LogP contribution in [0.25, 0.3) is 0 Å². The van der Waals surface area contributed by atoms with Crippen LogP contribution >= 0.6 is 0 Å². The molecule has 1 aromatic carbocycles. The number of hydrogen-bond acceptors (Lipinski definition) is 3. The minimum Gasteiger partial charge on any atom is -0.493 e. The van der Waals surface area contributed by atoms with Gasteiger partial charge in [0.25, 0.3) is 6.43 Å². The molecule has 0 radical (unpaired) electrons. The molecule has 0 spiro atoms. The predicted molar refractivity (Wildman–Crippen MR) is 105 cm³/mol. The fourth-order valence-corrected chi connectivity index (χ4v) is 4.74. The zero-order chi connectivity index (χ0) is 20.8. The minimum absolute atomic E-state index is 0.0723. The van der Waals surface area contributed by atoms with Gasteiger partial charge in [-0.25, -0.2) is 13.2 Å². The highest BCUT2D eigenvalue weighted by atomic mass is 19.3. The number of benzene rings is 1. The van der Waals surface area contributed by atoms with Crippen LogP contribution in [0.3, 0.4) is 0 Å². The lowest BCUT2D eigenvalue weighted by molar-refractivity contribution is -0.113. The van der Waals surface area contributed by atoms with Crippen LogP contribution < -0.4 is 4.74 Å². The first-order valence-corrected chi connectivity index (χ1v) is 10.8. The Bertz CT molecular complexity index is 664. The van der Waals surface area contributed by atoms with E-state index in [9.17, 15) is 18.0 Å². The monoisotopic (exact) mass is 412 g/mol. The zero-order valence-corrected chi connectivity index (χ0v) is 17.0. The van der Waals surface area contributed by atoms with Crippen molar-refractivity contribution < 1.29 is 27.4 Å². The molecule has 0 N–H and O–H groups in total. The van der Waals surface area contributed by atoms with E-state index in [-0.39, 0.29) is 24.4 Å². The van der Waals surface area contributed by atoms with E-state index in [1.165, 1.54) is 6.07 Å². The molecular formula is C23H31F3O3. The lowest BCUT2D eigenvalue weighted by atomic mass is 9.77. The van der Waals surface area contributed by atoms with Crippen LogP contribution in [0, 0.1) is 23.6 Å². The van der Waals surface area contributed by atoms with Gasteiger partial charge in [0.05, 0.1) is 18.3 Å². The lowest BCUT2D eigenvalue weighted by Gasteiger charge is -2.37. The van der Waals surface area contributed by atoms with Gasteiger partial charge in [0.1, 0.15) is 17.9 Å². The van der Waals surface area contributed by atoms with Crippen molar-refractivity contribution in [3.8, 4) is 5.75 Å². The van der Waals surface area contributed by atoms with Crippen LogP contribution in [-0.4, -0.2) is 25.6 Å². The van der Waals surface area contributed by atoms with Crippen molar-refractivity contribution in [2.24, 2.45) is 17.8 Å². The van der Waals surface area contributed by atoms with E-state index in [2.05, 4.69) is 0 Å². The highest BCUT2D eigenvalue weighted by molar-refractivity contribution is 5.53. The third-order valence-corrected chi connectivity index (χ3v) is 6.50. The van der Waals surface area contributed by atoms with Gasteiger partial charge < -0.3 is 14.3 Å². The number of halogens is 3. The normalized spacial score (nSPS) is 27.8. The van der Waals surface area contributed by atoms with E-state index < -0.39 is 17.8 Å². The summed E-state index contributed by atoms with van der Waals surface area (Å²) in [6.07, 6.45) is 5.58. The summed E-state index contributed by atoms with van der Waals surface area (Å²) in [6.45, 7) is 2.54. The Morgan fingerprint density at radius 2 is 1.93 bits per heavy atom. The number of aryl methyl sites for hydroxylation is 1. The molecule has 2 atom stereocenters. The van der Waals surface area contributed by atoms with Crippen LogP contribution in [0.15, 0.2) is 12.1 Å². The van der Waals surface area contributed by atoms with Gasteiger partial charge in [0, 0.05) is 12.5 Å². The molecule has 2 unspecified atom stereocenters. The van der Waals surface area contributed by atoms with Gasteiger partial charge in [0.2, 0.25) is 0 Å². The third-order valence-electron chi connectivity index (χ3n) is 6.50. The van der Waals surface area contributed by atoms with Crippen molar-refractivity contribution in [2.75, 3.05) is 13.2 Å². The van der Waals surface area contributed by atoms with Crippen LogP contribution in [0.2, 0.25) is 0 Å². The molecule has 2 aliphatic rings. The molecule has 162 valence electrons. The summed E-state index contributed by atoms with van der Waals surface area (Å²) in [5.41, 5.74) is -0.312. The molecular weight excluding hydrogens is 381 g/mol. The molecule has 1 aliphatic carbocycles. The Kier molecular flexibility index (Phi) is 7.99. The molecule has 1 saturated carbocycles. The average molecular weight is 412 g/mol. The molecule has 29 heavy (non-hydrogen) atoms. The second-order valence-corrected chi connectivity index (χ2v) is 8.35. The Morgan fingerprint density at radius 1 is 1.17 bits per heavy atom. The molecule has 3 rings (SSSR count). The van der Waals surface area contributed by atoms with Crippen molar-refractivity contribution in [1.29, 1.82) is 0 Å². The molecule has 1 heterocycles. The topological polar surface area (TPSA) is 35.5 Å². The molecule has 0 amide bonds. The van der Waals surface area contributed by atoms with Crippen LogP contribution in [0.5, 0.6) is 5.75 Å². The van der Waals surface area contributed by atoms with Gasteiger partial charge in [-0.3, -0.25) is 0 Å². The number of rotatable bonds is 8. The summed E-state index contributed by atoms with van der Waals surface area (Å²) in [5, 5.41) is 0. The third kappa shape index (κ3) is 5.53. The number of carbonyl (C=O) groups excluding carboxylic acids is 1. The summed E-state index contributed by atoms with van der Waals surface area (Å²) in [5.74, 6) is 0.150. The second-order valence-electron chi connectivity index (χ2n) is 8.35. The standard InChI is InChI=1S/C23H31F3O3/c1-2-28-20-12-10-18(22(24)21(20)23(25)26)9-5-16-6-11-19(29-14-16)17-7-3-15(13-27)4-8-17/h10,12-13,15-17,19,23H,2-9,11,14H2,1H3. The number of carbonyl (C=O) groups is 1. The number of alkyl halides is 2. The van der Waals surface area contributed by atoms with Gasteiger partial charge in [-0.1, -0.05) is 6.07 Å². The molecule has 1 saturated heterocycles. The number of hydrogen-bond donors (Lipinski definition) is 0. The summed E-state index contributed by atoms with van der Waals surface area (Å²) in [6, 6.07) is 3.01. The van der Waals surface area contributed by atoms with Gasteiger partial charge in [-0.05, 0) is 81.8 Å². The van der Waals surface area contributed by atoms with Crippen molar-refractivity contribution in [2.45, 2.75) is 70.8 Å². The molecule has 1 aromatic rings. The van der Waals surface area contributed by atoms with E-state index in [1.807, 2.05) is 0 Å². The average Bonchev–Trinajstić information content (AvgIpc) is 2.73. The van der Waals surface area contributed by atoms with E-state index in [0.717, 1.165) is 51.2 Å². The summed E-state index contributed by atoms with van der Waals surface area (Å²) in [4.78, 5) is 10.9. The Hall–Kier alpha value is -1.56. The maximum Gasteiger partial charge on any atom is 0.270 e. The first kappa shape index (κ1) is 22.1. The van der Waals surface area contributed by atoms with Crippen molar-refractivity contribution in [3.05, 3.63) is 29.1 Å². The fourth-order valence-electron chi connectivity index (χ4n) is 4.74. The Labute approximate surface area is 171 Å². The summed E-state index contributed by atoms with van der Waals surface area (Å²) in [7, 11) is 0. The lowest BCUT2D eigenvalue weighted by Crippen LogP contribution is -2.34. The van der Waals surface area contributed by atoms with Gasteiger partial charge in [-0.2, -0.15) is 0 Å². The van der Waals surface area contributed by atoms with E-state index in [4.69, 9.17) is 9.47 Å². The Morgan fingerprint density at radius 3 is 2.52 bits per heavy atom. The maximum atomic E-state index is 14.6. The van der Waals surface area contributed by atoms with Crippen molar-refractivity contribution in [1.82, 2.24) is 0 Å². The predicted octanol–water partition coefficient (Wildman–Crippen LogP) is 5.90. The fraction of sp³-hybridized carbons (Fsp3) is 0.696. The SMILES string of the molecule is CCOc1ccc(CCC2CCC(C3CCC(C=O)CC3)OC2)c(F)c1C(F)F. The molecule has 6 heteroatoms. The highest BCUT2D eigenvalue weighted by Gasteiger charge is 2.31. The largest absolute Gasteiger partial charge is 0.493 e. The van der Waals surface area contributed by atoms with E-state index in [1.54, 1.807) is 13.0 Å². The maximum absolute atomic E-state index is 14.6. The smallest absolute Gasteiger partial charge is 0.270 e. The summed E-state index contributed by atoms with van der Waals surface area (Å²) < 4.78 is 52.5. The quantitative estimate of drug-likeness (QED) is 0.499. The minimum atomic E-state index is -2.90. The first-order chi connectivity index (χ1) is 14.0. The van der Waals surface area contributed by atoms with Crippen LogP contribution in [-0.2, 0) is 16.0 Å². The number of aldehydes is 1. The zero-order valence-electron chi connectivity index (χ0n) is 17.0. The van der Waals surface area contributed by atoms with Gasteiger partial charge in [-0.15, -0.1) is 0 Å². The Balaban J connectivity index is 1.50. The molecule has 1 aliphatic heterocycles. The molecule has 0 aromatic heterocycles. The summed E-state index contributed by atoms with van der Waals surface area (Å²) >= 11 is 0. The highest BCUT2D eigenvalue weighted by Crippen LogP contribution is 2.37. The molecule has 3 nitrogen and oxygen atoms in total. The number of ether oxygens (including phenoxy) is 2. The van der Waals surface area contributed by atoms with Crippen LogP contribution in [0.1, 0.15) is 69.4 Å². The van der Waals surface area contributed by atoms with Gasteiger partial charge in [0.15, 0.2) is 0 Å². The van der Waals surface area contributed by atoms with Crippen molar-refractivity contribution in [3.63, 3.8) is 0 Å². The molecule has 2 fully saturated rings. The van der Waals surface area contributed by atoms with Crippen molar-refractivity contribution >= 4 is 6.29 Å². The van der Waals surface area contributed by atoms with Crippen LogP contribution in [0.4, 0.5) is 13.2 Å². The van der Waals surface area contributed by atoms with E-state index in [0.29, 0.717) is 30.4 Å². The van der Waals surface area contributed by atoms with Gasteiger partial charge >= 0.3 is 0 Å². The first-order valence-electron chi connectivity index (χ1n) is 10.8. The second kappa shape index (κ2) is 10.5. The molecule has 0 bridgehead atoms.